The van der Waals surface area contributed by atoms with Crippen LogP contribution in [0.15, 0.2) is 22.0 Å². The number of nitrogens with zero attached hydrogens (tertiary/aromatic N) is 2. The minimum Gasteiger partial charge on any atom is -0.377 e. The van der Waals surface area contributed by atoms with E-state index in [1.54, 1.807) is 0 Å². The highest BCUT2D eigenvalue weighted by Gasteiger charge is 2.08. The lowest BCUT2D eigenvalue weighted by Gasteiger charge is -2.09. The Balaban J connectivity index is 2.15. The lowest BCUT2D eigenvalue weighted by atomic mass is 10.3. The van der Waals surface area contributed by atoms with Gasteiger partial charge in [0.2, 0.25) is 0 Å². The molecule has 16 heavy (non-hydrogen) atoms. The number of halogens is 3. The lowest BCUT2D eigenvalue weighted by molar-refractivity contribution is 0.627. The highest BCUT2D eigenvalue weighted by atomic mass is 79.9. The zero-order valence-corrected chi connectivity index (χ0v) is 11.0. The van der Waals surface area contributed by atoms with E-state index in [1.165, 1.54) is 23.7 Å². The molecular formula is C9H6BrClFN3S. The Morgan fingerprint density at radius 1 is 1.50 bits per heavy atom. The lowest BCUT2D eigenvalue weighted by Crippen LogP contribution is -2.01. The van der Waals surface area contributed by atoms with Crippen molar-refractivity contribution in [3.63, 3.8) is 0 Å². The third-order valence-electron chi connectivity index (χ3n) is 1.86. The largest absolute Gasteiger partial charge is 0.377 e. The van der Waals surface area contributed by atoms with E-state index in [9.17, 15) is 4.39 Å². The number of aromatic nitrogens is 2. The third kappa shape index (κ3) is 2.69. The second kappa shape index (κ2) is 5.07. The Labute approximate surface area is 109 Å². The van der Waals surface area contributed by atoms with E-state index in [0.29, 0.717) is 21.7 Å². The standard InChI is InChI=1S/C9H6BrClFN3S/c10-7-1-5(12)2-8(11)9(7)13-3-6-4-16-15-14-6/h1-2,4,13H,3H2. The van der Waals surface area contributed by atoms with Crippen molar-refractivity contribution >= 4 is 44.8 Å². The molecule has 0 unspecified atom stereocenters. The predicted octanol–water partition coefficient (Wildman–Crippen LogP) is 3.71. The maximum absolute atomic E-state index is 13.0. The maximum atomic E-state index is 13.0. The molecule has 0 atom stereocenters. The fourth-order valence-corrected chi connectivity index (χ4v) is 2.56. The van der Waals surface area contributed by atoms with Gasteiger partial charge in [0.1, 0.15) is 5.82 Å². The molecule has 0 aliphatic rings. The van der Waals surface area contributed by atoms with Gasteiger partial charge in [-0.15, -0.1) is 5.10 Å². The molecular weight excluding hydrogens is 317 g/mol. The summed E-state index contributed by atoms with van der Waals surface area (Å²) in [6.07, 6.45) is 0. The van der Waals surface area contributed by atoms with Crippen LogP contribution >= 0.6 is 39.1 Å². The second-order valence-electron chi connectivity index (χ2n) is 2.99. The van der Waals surface area contributed by atoms with E-state index in [-0.39, 0.29) is 5.82 Å². The summed E-state index contributed by atoms with van der Waals surface area (Å²) >= 11 is 10.4. The van der Waals surface area contributed by atoms with Crippen LogP contribution in [0.1, 0.15) is 5.69 Å². The molecule has 0 aliphatic carbocycles. The van der Waals surface area contributed by atoms with Gasteiger partial charge in [0.25, 0.3) is 0 Å². The van der Waals surface area contributed by atoms with Gasteiger partial charge in [-0.05, 0) is 39.6 Å². The molecule has 0 fully saturated rings. The molecule has 0 spiro atoms. The molecule has 3 nitrogen and oxygen atoms in total. The fraction of sp³-hybridized carbons (Fsp3) is 0.111. The van der Waals surface area contributed by atoms with Crippen LogP contribution in [0.4, 0.5) is 10.1 Å². The first-order valence-electron chi connectivity index (χ1n) is 4.31. The van der Waals surface area contributed by atoms with Crippen molar-refractivity contribution in [1.82, 2.24) is 9.59 Å². The highest BCUT2D eigenvalue weighted by molar-refractivity contribution is 9.10. The van der Waals surface area contributed by atoms with Crippen LogP contribution in [0.2, 0.25) is 5.02 Å². The van der Waals surface area contributed by atoms with Gasteiger partial charge in [-0.25, -0.2) is 4.39 Å². The zero-order chi connectivity index (χ0) is 11.5. The van der Waals surface area contributed by atoms with Crippen LogP contribution in [-0.4, -0.2) is 9.59 Å². The third-order valence-corrected chi connectivity index (χ3v) is 3.34. The summed E-state index contributed by atoms with van der Waals surface area (Å²) in [7, 11) is 0. The van der Waals surface area contributed by atoms with Gasteiger partial charge in [0.05, 0.1) is 22.9 Å². The van der Waals surface area contributed by atoms with Gasteiger partial charge in [-0.3, -0.25) is 0 Å². The van der Waals surface area contributed by atoms with E-state index in [2.05, 4.69) is 30.8 Å². The fourth-order valence-electron chi connectivity index (χ4n) is 1.15. The molecule has 1 heterocycles. The Morgan fingerprint density at radius 2 is 2.31 bits per heavy atom. The van der Waals surface area contributed by atoms with Gasteiger partial charge < -0.3 is 5.32 Å². The first-order valence-corrected chi connectivity index (χ1v) is 6.32. The topological polar surface area (TPSA) is 37.8 Å². The summed E-state index contributed by atoms with van der Waals surface area (Å²) in [6.45, 7) is 0.500. The van der Waals surface area contributed by atoms with E-state index in [0.717, 1.165) is 5.69 Å². The van der Waals surface area contributed by atoms with Crippen molar-refractivity contribution in [1.29, 1.82) is 0 Å². The Morgan fingerprint density at radius 3 is 2.94 bits per heavy atom. The monoisotopic (exact) mass is 321 g/mol. The predicted molar refractivity (Wildman–Crippen MR) is 66.3 cm³/mol. The van der Waals surface area contributed by atoms with Crippen molar-refractivity contribution in [3.05, 3.63) is 38.5 Å². The first-order chi connectivity index (χ1) is 7.66. The summed E-state index contributed by atoms with van der Waals surface area (Å²) in [5.74, 6) is -0.377. The molecule has 0 amide bonds. The summed E-state index contributed by atoms with van der Waals surface area (Å²) in [4.78, 5) is 0. The van der Waals surface area contributed by atoms with Crippen LogP contribution < -0.4 is 5.32 Å². The Bertz CT molecular complexity index is 468. The minimum absolute atomic E-state index is 0.329. The number of rotatable bonds is 3. The first kappa shape index (κ1) is 11.8. The number of benzene rings is 1. The molecule has 0 bridgehead atoms. The molecule has 0 aliphatic heterocycles. The number of hydrogen-bond donors (Lipinski definition) is 1. The van der Waals surface area contributed by atoms with Crippen LogP contribution in [0.3, 0.4) is 0 Å². The van der Waals surface area contributed by atoms with Gasteiger partial charge in [0, 0.05) is 9.85 Å². The quantitative estimate of drug-likeness (QED) is 0.936. The average molecular weight is 323 g/mol. The second-order valence-corrected chi connectivity index (χ2v) is 4.87. The molecule has 0 radical (unpaired) electrons. The van der Waals surface area contributed by atoms with Crippen molar-refractivity contribution in [2.24, 2.45) is 0 Å². The van der Waals surface area contributed by atoms with E-state index >= 15 is 0 Å². The molecule has 0 saturated carbocycles. The molecule has 2 rings (SSSR count). The van der Waals surface area contributed by atoms with E-state index < -0.39 is 0 Å². The molecule has 7 heteroatoms. The van der Waals surface area contributed by atoms with Crippen molar-refractivity contribution in [3.8, 4) is 0 Å². The molecule has 84 valence electrons. The highest BCUT2D eigenvalue weighted by Crippen LogP contribution is 2.31. The molecule has 1 aromatic heterocycles. The van der Waals surface area contributed by atoms with Crippen LogP contribution in [-0.2, 0) is 6.54 Å². The van der Waals surface area contributed by atoms with Crippen molar-refractivity contribution in [2.45, 2.75) is 6.54 Å². The molecule has 1 aromatic carbocycles. The smallest absolute Gasteiger partial charge is 0.125 e. The number of anilines is 1. The SMILES string of the molecule is Fc1cc(Cl)c(NCc2csnn2)c(Br)c1. The maximum Gasteiger partial charge on any atom is 0.125 e. The zero-order valence-electron chi connectivity index (χ0n) is 7.88. The van der Waals surface area contributed by atoms with Gasteiger partial charge in [0.15, 0.2) is 0 Å². The van der Waals surface area contributed by atoms with E-state index in [4.69, 9.17) is 11.6 Å². The summed E-state index contributed by atoms with van der Waals surface area (Å²) in [6, 6.07) is 2.61. The van der Waals surface area contributed by atoms with Crippen LogP contribution in [0.25, 0.3) is 0 Å². The van der Waals surface area contributed by atoms with Gasteiger partial charge in [-0.2, -0.15) is 0 Å². The van der Waals surface area contributed by atoms with Gasteiger partial charge in [-0.1, -0.05) is 16.1 Å². The van der Waals surface area contributed by atoms with Crippen LogP contribution in [0, 0.1) is 5.82 Å². The van der Waals surface area contributed by atoms with E-state index in [1.807, 2.05) is 5.38 Å². The molecule has 1 N–H and O–H groups in total. The normalized spacial score (nSPS) is 10.4. The summed E-state index contributed by atoms with van der Waals surface area (Å²) < 4.78 is 17.3. The Kier molecular flexibility index (Phi) is 3.73. The van der Waals surface area contributed by atoms with Crippen molar-refractivity contribution in [2.75, 3.05) is 5.32 Å². The minimum atomic E-state index is -0.377. The molecule has 2 aromatic rings. The Hall–Kier alpha value is -0.720. The van der Waals surface area contributed by atoms with Crippen molar-refractivity contribution < 1.29 is 4.39 Å². The average Bonchev–Trinajstić information content (AvgIpc) is 2.68. The summed E-state index contributed by atoms with van der Waals surface area (Å²) in [5.41, 5.74) is 1.47. The summed E-state index contributed by atoms with van der Waals surface area (Å²) in [5, 5.41) is 9.11. The van der Waals surface area contributed by atoms with Gasteiger partial charge >= 0.3 is 0 Å². The van der Waals surface area contributed by atoms with Crippen LogP contribution in [0.5, 0.6) is 0 Å². The molecule has 0 saturated heterocycles. The number of hydrogen-bond acceptors (Lipinski definition) is 4. The number of nitrogens with one attached hydrogen (secondary N) is 1.